The molecule has 0 saturated carbocycles. The van der Waals surface area contributed by atoms with Crippen molar-refractivity contribution >= 4 is 23.4 Å². The second kappa shape index (κ2) is 6.04. The molecule has 5 nitrogen and oxygen atoms in total. The maximum absolute atomic E-state index is 11.2. The van der Waals surface area contributed by atoms with E-state index in [1.54, 1.807) is 7.11 Å². The van der Waals surface area contributed by atoms with Gasteiger partial charge in [-0.2, -0.15) is 0 Å². The summed E-state index contributed by atoms with van der Waals surface area (Å²) in [6, 6.07) is 2.98. The lowest BCUT2D eigenvalue weighted by atomic mass is 10.1. The molecule has 0 saturated heterocycles. The van der Waals surface area contributed by atoms with Crippen molar-refractivity contribution in [3.05, 3.63) is 34.5 Å². The number of hydrogen-bond donors (Lipinski definition) is 1. The summed E-state index contributed by atoms with van der Waals surface area (Å²) >= 11 is 5.85. The fourth-order valence-electron chi connectivity index (χ4n) is 2.05. The van der Waals surface area contributed by atoms with E-state index >= 15 is 0 Å². The van der Waals surface area contributed by atoms with E-state index in [2.05, 4.69) is 4.98 Å². The van der Waals surface area contributed by atoms with Crippen LogP contribution >= 0.6 is 11.6 Å². The average molecular weight is 283 g/mol. The summed E-state index contributed by atoms with van der Waals surface area (Å²) in [7, 11) is 1.66. The van der Waals surface area contributed by atoms with Crippen LogP contribution in [-0.2, 0) is 4.74 Å². The highest BCUT2D eigenvalue weighted by Gasteiger charge is 2.20. The lowest BCUT2D eigenvalue weighted by Crippen LogP contribution is -2.31. The summed E-state index contributed by atoms with van der Waals surface area (Å²) in [5.41, 5.74) is 1.39. The number of carboxylic acids is 1. The third-order valence-corrected chi connectivity index (χ3v) is 3.21. The number of pyridine rings is 1. The number of nitrogens with zero attached hydrogens (tertiary/aromatic N) is 2. The summed E-state index contributed by atoms with van der Waals surface area (Å²) in [4.78, 5) is 17.2. The Kier molecular flexibility index (Phi) is 4.39. The Hall–Kier alpha value is -1.59. The van der Waals surface area contributed by atoms with E-state index in [0.717, 1.165) is 6.42 Å². The summed E-state index contributed by atoms with van der Waals surface area (Å²) in [6.45, 7) is 1.94. The van der Waals surface area contributed by atoms with E-state index in [4.69, 9.17) is 16.3 Å². The number of hydrogen-bond acceptors (Lipinski definition) is 4. The van der Waals surface area contributed by atoms with Gasteiger partial charge in [-0.15, -0.1) is 0 Å². The van der Waals surface area contributed by atoms with Crippen LogP contribution in [0.5, 0.6) is 0 Å². The number of rotatable bonds is 4. The van der Waals surface area contributed by atoms with E-state index in [1.807, 2.05) is 11.0 Å². The molecule has 19 heavy (non-hydrogen) atoms. The van der Waals surface area contributed by atoms with Gasteiger partial charge in [0.15, 0.2) is 0 Å². The van der Waals surface area contributed by atoms with E-state index in [1.165, 1.54) is 17.7 Å². The van der Waals surface area contributed by atoms with Gasteiger partial charge >= 0.3 is 5.97 Å². The van der Waals surface area contributed by atoms with Gasteiger partial charge in [-0.25, -0.2) is 9.78 Å². The highest BCUT2D eigenvalue weighted by atomic mass is 35.5. The largest absolute Gasteiger partial charge is 0.478 e. The SMILES string of the molecule is COCC1=CCN(c2nc(Cl)ccc2C(=O)O)CC1. The number of anilines is 1. The van der Waals surface area contributed by atoms with Gasteiger partial charge in [0.05, 0.1) is 6.61 Å². The van der Waals surface area contributed by atoms with Gasteiger partial charge in [-0.05, 0) is 24.1 Å². The first kappa shape index (κ1) is 13.8. The Morgan fingerprint density at radius 2 is 2.37 bits per heavy atom. The Morgan fingerprint density at radius 1 is 1.58 bits per heavy atom. The van der Waals surface area contributed by atoms with E-state index in [9.17, 15) is 9.90 Å². The van der Waals surface area contributed by atoms with Gasteiger partial charge in [0.25, 0.3) is 0 Å². The summed E-state index contributed by atoms with van der Waals surface area (Å²) < 4.78 is 5.09. The van der Waals surface area contributed by atoms with Crippen LogP contribution in [0.3, 0.4) is 0 Å². The zero-order chi connectivity index (χ0) is 13.8. The Labute approximate surface area is 116 Å². The quantitative estimate of drug-likeness (QED) is 0.678. The molecule has 1 aliphatic rings. The fourth-order valence-corrected chi connectivity index (χ4v) is 2.20. The molecular formula is C13H15ClN2O3. The molecule has 0 unspecified atom stereocenters. The molecule has 1 aromatic rings. The Balaban J connectivity index is 2.23. The first-order valence-corrected chi connectivity index (χ1v) is 6.31. The lowest BCUT2D eigenvalue weighted by molar-refractivity contribution is 0.0697. The van der Waals surface area contributed by atoms with Gasteiger partial charge in [-0.1, -0.05) is 17.7 Å². The summed E-state index contributed by atoms with van der Waals surface area (Å²) in [5, 5.41) is 9.48. The van der Waals surface area contributed by atoms with Crippen molar-refractivity contribution < 1.29 is 14.6 Å². The van der Waals surface area contributed by atoms with Crippen molar-refractivity contribution in [2.75, 3.05) is 31.7 Å². The molecular weight excluding hydrogens is 268 g/mol. The number of methoxy groups -OCH3 is 1. The molecule has 6 heteroatoms. The predicted molar refractivity (Wildman–Crippen MR) is 73.0 cm³/mol. The molecule has 1 aromatic heterocycles. The predicted octanol–water partition coefficient (Wildman–Crippen LogP) is 2.22. The molecule has 0 bridgehead atoms. The zero-order valence-electron chi connectivity index (χ0n) is 10.6. The molecule has 0 radical (unpaired) electrons. The molecule has 0 aromatic carbocycles. The van der Waals surface area contributed by atoms with Gasteiger partial charge < -0.3 is 14.7 Å². The van der Waals surface area contributed by atoms with Gasteiger partial charge in [-0.3, -0.25) is 0 Å². The summed E-state index contributed by atoms with van der Waals surface area (Å²) in [5.74, 6) is -0.571. The third kappa shape index (κ3) is 3.24. The minimum absolute atomic E-state index is 0.174. The minimum atomic E-state index is -0.995. The normalized spacial score (nSPS) is 15.3. The number of aromatic carboxylic acids is 1. The topological polar surface area (TPSA) is 62.7 Å². The molecule has 1 N–H and O–H groups in total. The molecule has 1 aliphatic heterocycles. The first-order chi connectivity index (χ1) is 9.11. The van der Waals surface area contributed by atoms with E-state index < -0.39 is 5.97 Å². The zero-order valence-corrected chi connectivity index (χ0v) is 11.4. The molecule has 2 rings (SSSR count). The van der Waals surface area contributed by atoms with Crippen LogP contribution in [0.2, 0.25) is 5.15 Å². The Morgan fingerprint density at radius 3 is 2.95 bits per heavy atom. The van der Waals surface area contributed by atoms with Crippen molar-refractivity contribution in [2.24, 2.45) is 0 Å². The number of carboxylic acid groups (broad SMARTS) is 1. The fraction of sp³-hybridized carbons (Fsp3) is 0.385. The Bertz CT molecular complexity index is 517. The van der Waals surface area contributed by atoms with Crippen molar-refractivity contribution in [2.45, 2.75) is 6.42 Å². The molecule has 0 aliphatic carbocycles. The van der Waals surface area contributed by atoms with Crippen molar-refractivity contribution in [3.8, 4) is 0 Å². The number of aromatic nitrogens is 1. The lowest BCUT2D eigenvalue weighted by Gasteiger charge is -2.28. The second-order valence-corrected chi connectivity index (χ2v) is 4.69. The number of carbonyl (C=O) groups is 1. The van der Waals surface area contributed by atoms with Crippen LogP contribution in [-0.4, -0.2) is 42.9 Å². The van der Waals surface area contributed by atoms with Crippen molar-refractivity contribution in [1.29, 1.82) is 0 Å². The molecule has 0 amide bonds. The maximum atomic E-state index is 11.2. The summed E-state index contributed by atoms with van der Waals surface area (Å²) in [6.07, 6.45) is 2.88. The smallest absolute Gasteiger partial charge is 0.339 e. The monoisotopic (exact) mass is 282 g/mol. The molecule has 102 valence electrons. The van der Waals surface area contributed by atoms with Crippen LogP contribution in [0.15, 0.2) is 23.8 Å². The van der Waals surface area contributed by atoms with E-state index in [-0.39, 0.29) is 5.56 Å². The van der Waals surface area contributed by atoms with Gasteiger partial charge in [0.1, 0.15) is 16.5 Å². The van der Waals surface area contributed by atoms with Crippen molar-refractivity contribution in [1.82, 2.24) is 4.98 Å². The minimum Gasteiger partial charge on any atom is -0.478 e. The van der Waals surface area contributed by atoms with Crippen molar-refractivity contribution in [3.63, 3.8) is 0 Å². The third-order valence-electron chi connectivity index (χ3n) is 3.00. The maximum Gasteiger partial charge on any atom is 0.339 e. The number of ether oxygens (including phenoxy) is 1. The standard InChI is InChI=1S/C13H15ClN2O3/c1-19-8-9-4-6-16(7-5-9)12-10(13(17)18)2-3-11(14)15-12/h2-4H,5-8H2,1H3,(H,17,18). The van der Waals surface area contributed by atoms with Crippen LogP contribution < -0.4 is 4.90 Å². The van der Waals surface area contributed by atoms with Crippen LogP contribution in [0.25, 0.3) is 0 Å². The molecule has 0 atom stereocenters. The molecule has 0 spiro atoms. The van der Waals surface area contributed by atoms with E-state index in [0.29, 0.717) is 30.7 Å². The van der Waals surface area contributed by atoms with Crippen LogP contribution in [0.1, 0.15) is 16.8 Å². The number of halogens is 1. The first-order valence-electron chi connectivity index (χ1n) is 5.93. The molecule has 0 fully saturated rings. The molecule has 2 heterocycles. The van der Waals surface area contributed by atoms with Gasteiger partial charge in [0.2, 0.25) is 0 Å². The highest BCUT2D eigenvalue weighted by Crippen LogP contribution is 2.24. The van der Waals surface area contributed by atoms with Crippen LogP contribution in [0, 0.1) is 0 Å². The average Bonchev–Trinajstić information content (AvgIpc) is 2.39. The second-order valence-electron chi connectivity index (χ2n) is 4.30. The van der Waals surface area contributed by atoms with Gasteiger partial charge in [0, 0.05) is 20.2 Å². The van der Waals surface area contributed by atoms with Crippen LogP contribution in [0.4, 0.5) is 5.82 Å². The highest BCUT2D eigenvalue weighted by molar-refractivity contribution is 6.29.